The molecule has 18 heavy (non-hydrogen) atoms. The van der Waals surface area contributed by atoms with Crippen LogP contribution in [0, 0.1) is 10.1 Å². The molecule has 0 bridgehead atoms. The van der Waals surface area contributed by atoms with Gasteiger partial charge in [-0.3, -0.25) is 10.1 Å². The molecule has 100 valence electrons. The Morgan fingerprint density at radius 1 is 1.50 bits per heavy atom. The minimum absolute atomic E-state index is 0.0815. The number of nitro benzene ring substituents is 1. The molecule has 0 aliphatic carbocycles. The number of benzene rings is 1. The highest BCUT2D eigenvalue weighted by Gasteiger charge is 2.12. The van der Waals surface area contributed by atoms with Gasteiger partial charge in [0.2, 0.25) is 0 Å². The van der Waals surface area contributed by atoms with Crippen LogP contribution in [-0.4, -0.2) is 37.1 Å². The lowest BCUT2D eigenvalue weighted by atomic mass is 10.1. The molecule has 0 aliphatic rings. The monoisotopic (exact) mass is 253 g/mol. The fraction of sp³-hybridized carbons (Fsp3) is 0.500. The molecule has 0 heterocycles. The summed E-state index contributed by atoms with van der Waals surface area (Å²) in [7, 11) is 3.51. The zero-order chi connectivity index (χ0) is 13.5. The first kappa shape index (κ1) is 14.4. The Labute approximate surface area is 106 Å². The van der Waals surface area contributed by atoms with Gasteiger partial charge in [-0.25, -0.2) is 0 Å². The van der Waals surface area contributed by atoms with Crippen molar-refractivity contribution < 1.29 is 9.66 Å². The van der Waals surface area contributed by atoms with Crippen LogP contribution in [0.5, 0.6) is 5.75 Å². The number of non-ortho nitro benzene ring substituents is 1. The average molecular weight is 253 g/mol. The molecule has 6 heteroatoms. The molecule has 0 radical (unpaired) electrons. The van der Waals surface area contributed by atoms with Gasteiger partial charge in [-0.05, 0) is 32.6 Å². The van der Waals surface area contributed by atoms with E-state index in [4.69, 9.17) is 10.5 Å². The fourth-order valence-corrected chi connectivity index (χ4v) is 1.73. The highest BCUT2D eigenvalue weighted by atomic mass is 16.6. The Bertz CT molecular complexity index is 410. The van der Waals surface area contributed by atoms with Crippen molar-refractivity contribution in [3.8, 4) is 5.75 Å². The lowest BCUT2D eigenvalue weighted by Crippen LogP contribution is -2.21. The molecule has 6 nitrogen and oxygen atoms in total. The topological polar surface area (TPSA) is 81.6 Å². The largest absolute Gasteiger partial charge is 0.496 e. The Hall–Kier alpha value is -1.66. The minimum Gasteiger partial charge on any atom is -0.496 e. The zero-order valence-electron chi connectivity index (χ0n) is 10.8. The van der Waals surface area contributed by atoms with Crippen molar-refractivity contribution in [2.24, 2.45) is 5.73 Å². The van der Waals surface area contributed by atoms with Crippen molar-refractivity contribution in [1.29, 1.82) is 0 Å². The van der Waals surface area contributed by atoms with E-state index in [1.807, 2.05) is 7.05 Å². The lowest BCUT2D eigenvalue weighted by Gasteiger charge is -2.17. The summed E-state index contributed by atoms with van der Waals surface area (Å²) in [5.41, 5.74) is 6.34. The molecule has 1 rings (SSSR count). The maximum Gasteiger partial charge on any atom is 0.270 e. The number of methoxy groups -OCH3 is 1. The van der Waals surface area contributed by atoms with Crippen LogP contribution >= 0.6 is 0 Å². The van der Waals surface area contributed by atoms with Gasteiger partial charge < -0.3 is 15.4 Å². The molecule has 0 saturated carbocycles. The second-order valence-corrected chi connectivity index (χ2v) is 4.13. The molecule has 2 N–H and O–H groups in total. The number of hydrogen-bond donors (Lipinski definition) is 1. The van der Waals surface area contributed by atoms with Crippen LogP contribution in [0.1, 0.15) is 12.0 Å². The van der Waals surface area contributed by atoms with E-state index in [9.17, 15) is 10.1 Å². The molecule has 0 aromatic heterocycles. The maximum atomic E-state index is 10.7. The summed E-state index contributed by atoms with van der Waals surface area (Å²) in [6, 6.07) is 4.63. The van der Waals surface area contributed by atoms with E-state index in [-0.39, 0.29) is 5.69 Å². The van der Waals surface area contributed by atoms with Crippen molar-refractivity contribution in [1.82, 2.24) is 4.90 Å². The predicted molar refractivity (Wildman–Crippen MR) is 69.7 cm³/mol. The standard InChI is InChI=1S/C12H19N3O3/c1-14(7-3-6-13)9-10-8-11(15(16)17)4-5-12(10)18-2/h4-5,8H,3,6-7,9,13H2,1-2H3. The van der Waals surface area contributed by atoms with Crippen molar-refractivity contribution >= 4 is 5.69 Å². The zero-order valence-corrected chi connectivity index (χ0v) is 10.8. The minimum atomic E-state index is -0.400. The van der Waals surface area contributed by atoms with Gasteiger partial charge in [-0.15, -0.1) is 0 Å². The average Bonchev–Trinajstić information content (AvgIpc) is 2.36. The summed E-state index contributed by atoms with van der Waals surface area (Å²) in [6.07, 6.45) is 0.897. The van der Waals surface area contributed by atoms with Crippen LogP contribution in [0.4, 0.5) is 5.69 Å². The Morgan fingerprint density at radius 2 is 2.22 bits per heavy atom. The molecule has 0 unspecified atom stereocenters. The summed E-state index contributed by atoms with van der Waals surface area (Å²) < 4.78 is 5.21. The van der Waals surface area contributed by atoms with Gasteiger partial charge in [0.05, 0.1) is 12.0 Å². The summed E-state index contributed by atoms with van der Waals surface area (Å²) in [5.74, 6) is 0.667. The highest BCUT2D eigenvalue weighted by molar-refractivity contribution is 5.43. The number of nitrogens with two attached hydrogens (primary N) is 1. The Kier molecular flexibility index (Phi) is 5.54. The van der Waals surface area contributed by atoms with Gasteiger partial charge >= 0.3 is 0 Å². The molecular weight excluding hydrogens is 234 g/mol. The predicted octanol–water partition coefficient (Wildman–Crippen LogP) is 1.38. The first-order chi connectivity index (χ1) is 8.58. The quantitative estimate of drug-likeness (QED) is 0.586. The highest BCUT2D eigenvalue weighted by Crippen LogP contribution is 2.24. The third kappa shape index (κ3) is 3.97. The van der Waals surface area contributed by atoms with Gasteiger partial charge in [0, 0.05) is 24.2 Å². The summed E-state index contributed by atoms with van der Waals surface area (Å²) >= 11 is 0. The van der Waals surface area contributed by atoms with Gasteiger partial charge in [-0.2, -0.15) is 0 Å². The third-order valence-electron chi connectivity index (χ3n) is 2.66. The van der Waals surface area contributed by atoms with Gasteiger partial charge in [0.15, 0.2) is 0 Å². The first-order valence-electron chi connectivity index (χ1n) is 5.78. The Morgan fingerprint density at radius 3 is 2.78 bits per heavy atom. The molecular formula is C12H19N3O3. The van der Waals surface area contributed by atoms with Gasteiger partial charge in [0.1, 0.15) is 5.75 Å². The van der Waals surface area contributed by atoms with Crippen molar-refractivity contribution in [2.75, 3.05) is 27.2 Å². The number of ether oxygens (including phenoxy) is 1. The van der Waals surface area contributed by atoms with Crippen LogP contribution in [0.3, 0.4) is 0 Å². The second kappa shape index (κ2) is 6.93. The van der Waals surface area contributed by atoms with E-state index >= 15 is 0 Å². The van der Waals surface area contributed by atoms with E-state index in [2.05, 4.69) is 4.90 Å². The van der Waals surface area contributed by atoms with E-state index in [1.165, 1.54) is 6.07 Å². The number of nitrogens with zero attached hydrogens (tertiary/aromatic N) is 2. The van der Waals surface area contributed by atoms with E-state index in [0.29, 0.717) is 18.8 Å². The third-order valence-corrected chi connectivity index (χ3v) is 2.66. The summed E-state index contributed by atoms with van der Waals surface area (Å²) in [6.45, 7) is 2.09. The SMILES string of the molecule is COc1ccc([N+](=O)[O-])cc1CN(C)CCCN. The molecule has 1 aromatic rings. The maximum absolute atomic E-state index is 10.7. The van der Waals surface area contributed by atoms with Crippen LogP contribution < -0.4 is 10.5 Å². The molecule has 0 amide bonds. The van der Waals surface area contributed by atoms with E-state index < -0.39 is 4.92 Å². The first-order valence-corrected chi connectivity index (χ1v) is 5.78. The second-order valence-electron chi connectivity index (χ2n) is 4.13. The van der Waals surface area contributed by atoms with Crippen molar-refractivity contribution in [2.45, 2.75) is 13.0 Å². The van der Waals surface area contributed by atoms with Crippen LogP contribution in [0.25, 0.3) is 0 Å². The molecule has 0 atom stereocenters. The Balaban J connectivity index is 2.84. The lowest BCUT2D eigenvalue weighted by molar-refractivity contribution is -0.384. The molecule has 1 aromatic carbocycles. The number of nitro groups is 1. The fourth-order valence-electron chi connectivity index (χ4n) is 1.73. The summed E-state index contributed by atoms with van der Waals surface area (Å²) in [4.78, 5) is 12.4. The van der Waals surface area contributed by atoms with Crippen LogP contribution in [0.2, 0.25) is 0 Å². The number of hydrogen-bond acceptors (Lipinski definition) is 5. The molecule has 0 aliphatic heterocycles. The van der Waals surface area contributed by atoms with Crippen molar-refractivity contribution in [3.63, 3.8) is 0 Å². The van der Waals surface area contributed by atoms with Gasteiger partial charge in [0.25, 0.3) is 5.69 Å². The van der Waals surface area contributed by atoms with Crippen LogP contribution in [-0.2, 0) is 6.54 Å². The smallest absolute Gasteiger partial charge is 0.270 e. The van der Waals surface area contributed by atoms with Crippen molar-refractivity contribution in [3.05, 3.63) is 33.9 Å². The molecule has 0 fully saturated rings. The van der Waals surface area contributed by atoms with E-state index in [1.54, 1.807) is 19.2 Å². The molecule has 0 saturated heterocycles. The van der Waals surface area contributed by atoms with Crippen LogP contribution in [0.15, 0.2) is 18.2 Å². The van der Waals surface area contributed by atoms with Gasteiger partial charge in [-0.1, -0.05) is 0 Å². The number of rotatable bonds is 7. The van der Waals surface area contributed by atoms with E-state index in [0.717, 1.165) is 18.5 Å². The summed E-state index contributed by atoms with van der Waals surface area (Å²) in [5, 5.41) is 10.7. The molecule has 0 spiro atoms. The normalized spacial score (nSPS) is 10.7.